The molecule has 0 saturated carbocycles. The molecule has 1 saturated heterocycles. The molecular weight excluding hydrogens is 421 g/mol. The molecule has 6 nitrogen and oxygen atoms in total. The van der Waals surface area contributed by atoms with Gasteiger partial charge in [-0.2, -0.15) is 8.78 Å². The largest absolute Gasteiger partial charge is 0.495 e. The van der Waals surface area contributed by atoms with Crippen molar-refractivity contribution >= 4 is 15.5 Å². The maximum absolute atomic E-state index is 13.1. The molecule has 0 spiro atoms. The van der Waals surface area contributed by atoms with E-state index in [1.807, 2.05) is 9.80 Å². The SMILES string of the molecule is COc1ccc(S(=O)(=O)c2cccc(OC(F)F)c2)cc1N1CCN(CCF)CC1. The van der Waals surface area contributed by atoms with Crippen molar-refractivity contribution in [1.29, 1.82) is 0 Å². The minimum atomic E-state index is -3.97. The summed E-state index contributed by atoms with van der Waals surface area (Å²) in [6.07, 6.45) is 0. The number of nitrogens with zero attached hydrogens (tertiary/aromatic N) is 2. The topological polar surface area (TPSA) is 59.1 Å². The lowest BCUT2D eigenvalue weighted by molar-refractivity contribution is -0.0499. The summed E-state index contributed by atoms with van der Waals surface area (Å²) in [4.78, 5) is 3.85. The number of methoxy groups -OCH3 is 1. The second kappa shape index (κ2) is 9.57. The number of hydrogen-bond acceptors (Lipinski definition) is 6. The first-order valence-corrected chi connectivity index (χ1v) is 10.8. The Morgan fingerprint density at radius 3 is 2.37 bits per heavy atom. The van der Waals surface area contributed by atoms with Crippen LogP contribution >= 0.6 is 0 Å². The summed E-state index contributed by atoms with van der Waals surface area (Å²) >= 11 is 0. The van der Waals surface area contributed by atoms with Gasteiger partial charge in [0.25, 0.3) is 0 Å². The predicted octanol–water partition coefficient (Wildman–Crippen LogP) is 3.22. The van der Waals surface area contributed by atoms with E-state index in [9.17, 15) is 21.6 Å². The molecule has 0 atom stereocenters. The highest BCUT2D eigenvalue weighted by Crippen LogP contribution is 2.34. The van der Waals surface area contributed by atoms with Crippen molar-refractivity contribution < 1.29 is 31.1 Å². The molecule has 0 amide bonds. The summed E-state index contributed by atoms with van der Waals surface area (Å²) in [6, 6.07) is 9.50. The van der Waals surface area contributed by atoms with Crippen molar-refractivity contribution in [3.63, 3.8) is 0 Å². The second-order valence-corrected chi connectivity index (χ2v) is 8.66. The van der Waals surface area contributed by atoms with Gasteiger partial charge in [-0.15, -0.1) is 0 Å². The quantitative estimate of drug-likeness (QED) is 0.623. The number of piperazine rings is 1. The lowest BCUT2D eigenvalue weighted by Crippen LogP contribution is -2.47. The molecule has 30 heavy (non-hydrogen) atoms. The number of ether oxygens (including phenoxy) is 2. The van der Waals surface area contributed by atoms with Crippen LogP contribution in [-0.4, -0.2) is 66.4 Å². The zero-order valence-corrected chi connectivity index (χ0v) is 17.2. The third kappa shape index (κ3) is 4.99. The number of rotatable bonds is 8. The summed E-state index contributed by atoms with van der Waals surface area (Å²) < 4.78 is 73.4. The normalized spacial score (nSPS) is 15.4. The van der Waals surface area contributed by atoms with Gasteiger partial charge in [0, 0.05) is 32.7 Å². The van der Waals surface area contributed by atoms with Gasteiger partial charge in [-0.05, 0) is 36.4 Å². The van der Waals surface area contributed by atoms with Crippen LogP contribution in [0.25, 0.3) is 0 Å². The van der Waals surface area contributed by atoms with E-state index in [-0.39, 0.29) is 15.5 Å². The Morgan fingerprint density at radius 1 is 1.03 bits per heavy atom. The van der Waals surface area contributed by atoms with Gasteiger partial charge in [0.1, 0.15) is 18.2 Å². The molecule has 1 heterocycles. The second-order valence-electron chi connectivity index (χ2n) is 6.71. The molecule has 3 rings (SSSR count). The molecular formula is C20H23F3N2O4S. The van der Waals surface area contributed by atoms with E-state index in [0.717, 1.165) is 6.07 Å². The Labute approximate surface area is 173 Å². The third-order valence-corrected chi connectivity index (χ3v) is 6.66. The monoisotopic (exact) mass is 444 g/mol. The fourth-order valence-corrected chi connectivity index (χ4v) is 4.68. The fourth-order valence-electron chi connectivity index (χ4n) is 3.37. The van der Waals surface area contributed by atoms with Crippen molar-refractivity contribution in [3.8, 4) is 11.5 Å². The molecule has 0 unspecified atom stereocenters. The average molecular weight is 444 g/mol. The van der Waals surface area contributed by atoms with Crippen molar-refractivity contribution in [2.75, 3.05) is 51.4 Å². The van der Waals surface area contributed by atoms with Gasteiger partial charge >= 0.3 is 6.61 Å². The molecule has 0 aliphatic carbocycles. The van der Waals surface area contributed by atoms with Crippen LogP contribution in [0.4, 0.5) is 18.9 Å². The highest BCUT2D eigenvalue weighted by Gasteiger charge is 2.24. The van der Waals surface area contributed by atoms with Crippen molar-refractivity contribution in [2.45, 2.75) is 16.4 Å². The molecule has 2 aromatic rings. The lowest BCUT2D eigenvalue weighted by Gasteiger charge is -2.36. The molecule has 1 fully saturated rings. The molecule has 0 aromatic heterocycles. The van der Waals surface area contributed by atoms with E-state index >= 15 is 0 Å². The van der Waals surface area contributed by atoms with E-state index in [1.165, 1.54) is 37.4 Å². The number of halogens is 3. The molecule has 10 heteroatoms. The predicted molar refractivity (Wildman–Crippen MR) is 106 cm³/mol. The van der Waals surface area contributed by atoms with Gasteiger partial charge in [0.2, 0.25) is 9.84 Å². The zero-order valence-electron chi connectivity index (χ0n) is 16.4. The molecule has 0 radical (unpaired) electrons. The van der Waals surface area contributed by atoms with Crippen LogP contribution < -0.4 is 14.4 Å². The molecule has 2 aromatic carbocycles. The van der Waals surface area contributed by atoms with E-state index in [2.05, 4.69) is 4.74 Å². The Balaban J connectivity index is 1.90. The number of sulfone groups is 1. The molecule has 1 aliphatic heterocycles. The number of hydrogen-bond donors (Lipinski definition) is 0. The van der Waals surface area contributed by atoms with Gasteiger partial charge in [0.15, 0.2) is 0 Å². The molecule has 164 valence electrons. The van der Waals surface area contributed by atoms with E-state index < -0.39 is 23.1 Å². The van der Waals surface area contributed by atoms with Gasteiger partial charge < -0.3 is 14.4 Å². The number of anilines is 1. The highest BCUT2D eigenvalue weighted by atomic mass is 32.2. The zero-order chi connectivity index (χ0) is 21.7. The van der Waals surface area contributed by atoms with E-state index in [4.69, 9.17) is 4.74 Å². The average Bonchev–Trinajstić information content (AvgIpc) is 2.74. The van der Waals surface area contributed by atoms with Crippen LogP contribution in [0.1, 0.15) is 0 Å². The summed E-state index contributed by atoms with van der Waals surface area (Å²) in [7, 11) is -2.47. The Morgan fingerprint density at radius 2 is 1.73 bits per heavy atom. The third-order valence-electron chi connectivity index (χ3n) is 4.92. The fraction of sp³-hybridized carbons (Fsp3) is 0.400. The maximum atomic E-state index is 13.1. The van der Waals surface area contributed by atoms with Crippen LogP contribution in [0.3, 0.4) is 0 Å². The van der Waals surface area contributed by atoms with Crippen LogP contribution in [0, 0.1) is 0 Å². The molecule has 0 N–H and O–H groups in total. The minimum Gasteiger partial charge on any atom is -0.495 e. The van der Waals surface area contributed by atoms with Gasteiger partial charge in [-0.25, -0.2) is 12.8 Å². The Hall–Kier alpha value is -2.46. The van der Waals surface area contributed by atoms with Gasteiger partial charge in [-0.3, -0.25) is 4.90 Å². The van der Waals surface area contributed by atoms with Crippen molar-refractivity contribution in [1.82, 2.24) is 4.90 Å². The Bertz CT molecular complexity index is 964. The van der Waals surface area contributed by atoms with Crippen molar-refractivity contribution in [2.24, 2.45) is 0 Å². The minimum absolute atomic E-state index is 0.0127. The van der Waals surface area contributed by atoms with Gasteiger partial charge in [0.05, 0.1) is 22.6 Å². The van der Waals surface area contributed by atoms with E-state index in [0.29, 0.717) is 44.2 Å². The van der Waals surface area contributed by atoms with Crippen LogP contribution in [0.15, 0.2) is 52.3 Å². The molecule has 1 aliphatic rings. The lowest BCUT2D eigenvalue weighted by atomic mass is 10.2. The first-order chi connectivity index (χ1) is 14.3. The maximum Gasteiger partial charge on any atom is 0.387 e. The summed E-state index contributed by atoms with van der Waals surface area (Å²) in [5.41, 5.74) is 0.610. The number of alkyl halides is 3. The van der Waals surface area contributed by atoms with Crippen LogP contribution in [0.2, 0.25) is 0 Å². The summed E-state index contributed by atoms with van der Waals surface area (Å²) in [5.74, 6) is 0.284. The number of benzene rings is 2. The first-order valence-electron chi connectivity index (χ1n) is 9.36. The smallest absolute Gasteiger partial charge is 0.387 e. The summed E-state index contributed by atoms with van der Waals surface area (Å²) in [6.45, 7) is -0.600. The molecule has 0 bridgehead atoms. The van der Waals surface area contributed by atoms with Crippen molar-refractivity contribution in [3.05, 3.63) is 42.5 Å². The van der Waals surface area contributed by atoms with E-state index in [1.54, 1.807) is 6.07 Å². The van der Waals surface area contributed by atoms with Gasteiger partial charge in [-0.1, -0.05) is 6.07 Å². The van der Waals surface area contributed by atoms with Crippen LogP contribution in [-0.2, 0) is 9.84 Å². The Kier molecular flexibility index (Phi) is 7.09. The van der Waals surface area contributed by atoms with Crippen LogP contribution in [0.5, 0.6) is 11.5 Å². The standard InChI is InChI=1S/C20H23F3N2O4S/c1-28-19-6-5-17(14-18(19)25-11-9-24(8-7-21)10-12-25)30(26,27)16-4-2-3-15(13-16)29-20(22)23/h2-6,13-14,20H,7-12H2,1H3. The highest BCUT2D eigenvalue weighted by molar-refractivity contribution is 7.91. The first kappa shape index (κ1) is 22.2. The summed E-state index contributed by atoms with van der Waals surface area (Å²) in [5, 5.41) is 0.